The van der Waals surface area contributed by atoms with Crippen molar-refractivity contribution >= 4 is 0 Å². The first-order valence-corrected chi connectivity index (χ1v) is 3.34. The Kier molecular flexibility index (Phi) is 2.50. The van der Waals surface area contributed by atoms with Crippen LogP contribution in [0.25, 0.3) is 0 Å². The Morgan fingerprint density at radius 3 is 2.62 bits per heavy atom. The summed E-state index contributed by atoms with van der Waals surface area (Å²) >= 11 is 0. The van der Waals surface area contributed by atoms with Crippen LogP contribution in [-0.2, 0) is 0 Å². The number of halogens is 2. The zero-order valence-electron chi connectivity index (χ0n) is 6.67. The first kappa shape index (κ1) is 9.50. The summed E-state index contributed by atoms with van der Waals surface area (Å²) in [6.45, 7) is 0. The number of hydrogen-bond donors (Lipinski definition) is 2. The Bertz CT molecular complexity index is 361. The van der Waals surface area contributed by atoms with Gasteiger partial charge in [0.1, 0.15) is 11.3 Å². The molecular weight excluding hydrogens is 184 g/mol. The zero-order chi connectivity index (χ0) is 10.0. The van der Waals surface area contributed by atoms with Crippen LogP contribution in [0, 0.1) is 0 Å². The molecule has 6 heteroatoms. The first-order valence-electron chi connectivity index (χ1n) is 3.34. The summed E-state index contributed by atoms with van der Waals surface area (Å²) in [5, 5.41) is 8.99. The van der Waals surface area contributed by atoms with E-state index in [9.17, 15) is 13.6 Å². The third-order valence-corrected chi connectivity index (χ3v) is 1.46. The maximum atomic E-state index is 12.1. The molecule has 0 spiro atoms. The number of nitrogens with one attached hydrogen (secondary N) is 1. The van der Waals surface area contributed by atoms with Gasteiger partial charge in [0.25, 0.3) is 12.0 Å². The van der Waals surface area contributed by atoms with Crippen molar-refractivity contribution in [2.75, 3.05) is 7.11 Å². The van der Waals surface area contributed by atoms with Gasteiger partial charge in [0.2, 0.25) is 0 Å². The molecule has 0 aliphatic carbocycles. The average molecular weight is 191 g/mol. The van der Waals surface area contributed by atoms with Crippen molar-refractivity contribution in [1.82, 2.24) is 4.98 Å². The Labute approximate surface area is 71.8 Å². The van der Waals surface area contributed by atoms with E-state index in [2.05, 4.69) is 4.74 Å². The Morgan fingerprint density at radius 1 is 1.62 bits per heavy atom. The molecule has 0 radical (unpaired) electrons. The quantitative estimate of drug-likeness (QED) is 0.733. The summed E-state index contributed by atoms with van der Waals surface area (Å²) in [5.74, 6) is -0.831. The molecule has 2 N–H and O–H groups in total. The van der Waals surface area contributed by atoms with Gasteiger partial charge in [0, 0.05) is 6.07 Å². The minimum absolute atomic E-state index is 0.0631. The molecule has 72 valence electrons. The summed E-state index contributed by atoms with van der Waals surface area (Å²) < 4.78 is 28.8. The van der Waals surface area contributed by atoms with Crippen LogP contribution in [0.4, 0.5) is 8.78 Å². The fourth-order valence-corrected chi connectivity index (χ4v) is 0.854. The molecule has 0 saturated heterocycles. The van der Waals surface area contributed by atoms with Crippen molar-refractivity contribution in [1.29, 1.82) is 0 Å². The van der Waals surface area contributed by atoms with Crippen LogP contribution >= 0.6 is 0 Å². The normalized spacial score (nSPS) is 10.5. The predicted molar refractivity (Wildman–Crippen MR) is 40.2 cm³/mol. The molecule has 1 aromatic rings. The number of aromatic nitrogens is 1. The van der Waals surface area contributed by atoms with Gasteiger partial charge in [-0.1, -0.05) is 0 Å². The van der Waals surface area contributed by atoms with Crippen molar-refractivity contribution < 1.29 is 18.6 Å². The van der Waals surface area contributed by atoms with E-state index in [1.165, 1.54) is 7.11 Å². The molecule has 4 nitrogen and oxygen atoms in total. The van der Waals surface area contributed by atoms with E-state index in [0.29, 0.717) is 0 Å². The van der Waals surface area contributed by atoms with E-state index in [-0.39, 0.29) is 5.88 Å². The van der Waals surface area contributed by atoms with Crippen molar-refractivity contribution in [2.45, 2.75) is 6.43 Å². The third-order valence-electron chi connectivity index (χ3n) is 1.46. The van der Waals surface area contributed by atoms with Gasteiger partial charge in [-0.05, 0) is 0 Å². The molecule has 13 heavy (non-hydrogen) atoms. The lowest BCUT2D eigenvalue weighted by molar-refractivity contribution is 0.145. The number of rotatable bonds is 2. The number of methoxy groups -OCH3 is 1. The lowest BCUT2D eigenvalue weighted by Crippen LogP contribution is -2.13. The van der Waals surface area contributed by atoms with Crippen LogP contribution < -0.4 is 10.3 Å². The number of aromatic hydroxyl groups is 1. The van der Waals surface area contributed by atoms with E-state index < -0.39 is 23.3 Å². The summed E-state index contributed by atoms with van der Waals surface area (Å²) in [4.78, 5) is 12.9. The Morgan fingerprint density at radius 2 is 2.23 bits per heavy atom. The van der Waals surface area contributed by atoms with Gasteiger partial charge in [-0.25, -0.2) is 8.78 Å². The van der Waals surface area contributed by atoms with E-state index >= 15 is 0 Å². The number of aromatic amines is 1. The number of alkyl halides is 2. The lowest BCUT2D eigenvalue weighted by Gasteiger charge is -2.04. The van der Waals surface area contributed by atoms with Gasteiger partial charge in [0.05, 0.1) is 7.11 Å². The first-order chi connectivity index (χ1) is 6.06. The largest absolute Gasteiger partial charge is 0.507 e. The number of pyridine rings is 1. The van der Waals surface area contributed by atoms with Crippen LogP contribution in [-0.4, -0.2) is 17.2 Å². The van der Waals surface area contributed by atoms with Crippen LogP contribution in [0.1, 0.15) is 12.0 Å². The average Bonchev–Trinajstić information content (AvgIpc) is 2.02. The highest BCUT2D eigenvalue weighted by molar-refractivity contribution is 5.34. The van der Waals surface area contributed by atoms with E-state index in [1.807, 2.05) is 4.98 Å². The van der Waals surface area contributed by atoms with Crippen LogP contribution in [0.2, 0.25) is 0 Å². The summed E-state index contributed by atoms with van der Waals surface area (Å²) in [6.07, 6.45) is -3.00. The minimum Gasteiger partial charge on any atom is -0.507 e. The maximum Gasteiger partial charge on any atom is 0.272 e. The second kappa shape index (κ2) is 3.42. The van der Waals surface area contributed by atoms with Gasteiger partial charge < -0.3 is 9.84 Å². The van der Waals surface area contributed by atoms with Crippen LogP contribution in [0.3, 0.4) is 0 Å². The van der Waals surface area contributed by atoms with Crippen molar-refractivity contribution in [2.24, 2.45) is 0 Å². The fraction of sp³-hybridized carbons (Fsp3) is 0.286. The predicted octanol–water partition coefficient (Wildman–Crippen LogP) is 1.03. The highest BCUT2D eigenvalue weighted by Gasteiger charge is 2.18. The SMILES string of the molecule is COc1cc(O)c(C(F)F)c(=O)[nH]1. The summed E-state index contributed by atoms with van der Waals surface area (Å²) in [6, 6.07) is 0.920. The molecule has 1 heterocycles. The monoisotopic (exact) mass is 191 g/mol. The van der Waals surface area contributed by atoms with Gasteiger partial charge >= 0.3 is 0 Å². The van der Waals surface area contributed by atoms with Crippen molar-refractivity contribution in [3.05, 3.63) is 22.0 Å². The molecule has 1 aromatic heterocycles. The highest BCUT2D eigenvalue weighted by atomic mass is 19.3. The standard InChI is InChI=1S/C7H7F2NO3/c1-13-4-2-3(11)5(6(8)9)7(12)10-4/h2,6H,1H3,(H2,10,11,12). The highest BCUT2D eigenvalue weighted by Crippen LogP contribution is 2.26. The van der Waals surface area contributed by atoms with Gasteiger partial charge in [-0.2, -0.15) is 0 Å². The van der Waals surface area contributed by atoms with Gasteiger partial charge in [-0.15, -0.1) is 0 Å². The summed E-state index contributed by atoms with van der Waals surface area (Å²) in [7, 11) is 1.24. The number of ether oxygens (including phenoxy) is 1. The molecule has 0 bridgehead atoms. The summed E-state index contributed by atoms with van der Waals surface area (Å²) in [5.41, 5.74) is -1.99. The molecule has 0 aromatic carbocycles. The number of H-pyrrole nitrogens is 1. The van der Waals surface area contributed by atoms with Crippen LogP contribution in [0.15, 0.2) is 10.9 Å². The zero-order valence-corrected chi connectivity index (χ0v) is 6.67. The number of hydrogen-bond acceptors (Lipinski definition) is 3. The molecule has 0 aliphatic rings. The van der Waals surface area contributed by atoms with E-state index in [4.69, 9.17) is 5.11 Å². The Hall–Kier alpha value is -1.59. The van der Waals surface area contributed by atoms with Gasteiger partial charge in [0.15, 0.2) is 5.88 Å². The molecule has 0 atom stereocenters. The Balaban J connectivity index is 3.32. The third kappa shape index (κ3) is 1.77. The van der Waals surface area contributed by atoms with E-state index in [1.54, 1.807) is 0 Å². The molecule has 0 fully saturated rings. The maximum absolute atomic E-state index is 12.1. The molecule has 1 rings (SSSR count). The molecule has 0 unspecified atom stereocenters. The van der Waals surface area contributed by atoms with Gasteiger partial charge in [-0.3, -0.25) is 9.78 Å². The van der Waals surface area contributed by atoms with Crippen molar-refractivity contribution in [3.63, 3.8) is 0 Å². The second-order valence-corrected chi connectivity index (χ2v) is 2.27. The molecular formula is C7H7F2NO3. The van der Waals surface area contributed by atoms with E-state index in [0.717, 1.165) is 6.07 Å². The second-order valence-electron chi connectivity index (χ2n) is 2.27. The minimum atomic E-state index is -3.00. The smallest absolute Gasteiger partial charge is 0.272 e. The topological polar surface area (TPSA) is 62.3 Å². The van der Waals surface area contributed by atoms with Crippen LogP contribution in [0.5, 0.6) is 11.6 Å². The lowest BCUT2D eigenvalue weighted by atomic mass is 10.2. The molecule has 0 aliphatic heterocycles. The molecule has 0 saturated carbocycles. The fourth-order valence-electron chi connectivity index (χ4n) is 0.854. The van der Waals surface area contributed by atoms with Crippen molar-refractivity contribution in [3.8, 4) is 11.6 Å². The molecule has 0 amide bonds.